The number of aliphatic hydroxyl groups excluding tert-OH is 1. The summed E-state index contributed by atoms with van der Waals surface area (Å²) in [7, 11) is 1.64. The Labute approximate surface area is 168 Å². The highest BCUT2D eigenvalue weighted by molar-refractivity contribution is 5.90. The molecule has 7 nitrogen and oxygen atoms in total. The van der Waals surface area contributed by atoms with Gasteiger partial charge >= 0.3 is 6.09 Å². The minimum atomic E-state index is -0.573. The number of nitrogens with zero attached hydrogens (tertiary/aromatic N) is 3. The van der Waals surface area contributed by atoms with Crippen molar-refractivity contribution in [2.75, 3.05) is 61.1 Å². The van der Waals surface area contributed by atoms with Crippen molar-refractivity contribution in [1.29, 1.82) is 0 Å². The van der Waals surface area contributed by atoms with Crippen LogP contribution in [0.3, 0.4) is 0 Å². The first-order valence-corrected chi connectivity index (χ1v) is 9.61. The minimum absolute atomic E-state index is 0.217. The second kappa shape index (κ2) is 8.16. The van der Waals surface area contributed by atoms with Gasteiger partial charge in [-0.25, -0.2) is 9.18 Å². The van der Waals surface area contributed by atoms with Crippen molar-refractivity contribution in [3.05, 3.63) is 48.3 Å². The van der Waals surface area contributed by atoms with Gasteiger partial charge in [0.1, 0.15) is 17.7 Å². The van der Waals surface area contributed by atoms with E-state index >= 15 is 0 Å². The standard InChI is InChI=1S/C21H24FN3O4/c1-28-17-5-2-15(3-6-17)23-8-10-24(11-9-23)20-7-4-16(12-19(20)22)25-13-18(14-26)29-21(25)27/h2-7,12,18,26H,8-11,13-14H2,1H3/t18-/m1/s1. The van der Waals surface area contributed by atoms with E-state index in [1.165, 1.54) is 11.0 Å². The van der Waals surface area contributed by atoms with E-state index in [0.29, 0.717) is 24.5 Å². The summed E-state index contributed by atoms with van der Waals surface area (Å²) in [5.41, 5.74) is 2.07. The van der Waals surface area contributed by atoms with E-state index in [1.54, 1.807) is 19.2 Å². The van der Waals surface area contributed by atoms with Gasteiger partial charge in [0, 0.05) is 31.9 Å². The summed E-state index contributed by atoms with van der Waals surface area (Å²) in [5.74, 6) is 0.447. The van der Waals surface area contributed by atoms with Gasteiger partial charge < -0.3 is 24.4 Å². The molecule has 0 radical (unpaired) electrons. The molecule has 2 aliphatic heterocycles. The zero-order valence-electron chi connectivity index (χ0n) is 16.3. The van der Waals surface area contributed by atoms with Crippen LogP contribution in [0.1, 0.15) is 0 Å². The predicted molar refractivity (Wildman–Crippen MR) is 109 cm³/mol. The number of ether oxygens (including phenoxy) is 2. The second-order valence-corrected chi connectivity index (χ2v) is 7.11. The normalized spacial score (nSPS) is 19.5. The number of amides is 1. The minimum Gasteiger partial charge on any atom is -0.497 e. The zero-order valence-corrected chi connectivity index (χ0v) is 16.3. The Morgan fingerprint density at radius 3 is 2.31 bits per heavy atom. The van der Waals surface area contributed by atoms with Gasteiger partial charge in [0.2, 0.25) is 0 Å². The van der Waals surface area contributed by atoms with Gasteiger partial charge in [-0.3, -0.25) is 4.90 Å². The van der Waals surface area contributed by atoms with Crippen LogP contribution in [-0.2, 0) is 4.74 Å². The lowest BCUT2D eigenvalue weighted by molar-refractivity contribution is 0.0963. The highest BCUT2D eigenvalue weighted by Crippen LogP contribution is 2.29. The first kappa shape index (κ1) is 19.3. The molecule has 0 saturated carbocycles. The lowest BCUT2D eigenvalue weighted by Gasteiger charge is -2.37. The van der Waals surface area contributed by atoms with E-state index in [9.17, 15) is 9.18 Å². The Bertz CT molecular complexity index is 869. The van der Waals surface area contributed by atoms with Gasteiger partial charge in [-0.2, -0.15) is 0 Å². The lowest BCUT2D eigenvalue weighted by Crippen LogP contribution is -2.46. The molecule has 2 aromatic rings. The highest BCUT2D eigenvalue weighted by Gasteiger charge is 2.32. The summed E-state index contributed by atoms with van der Waals surface area (Å²) in [6.07, 6.45) is -1.14. The molecular weight excluding hydrogens is 377 g/mol. The Balaban J connectivity index is 1.41. The van der Waals surface area contributed by atoms with Crippen LogP contribution in [0.25, 0.3) is 0 Å². The Hall–Kier alpha value is -3.00. The van der Waals surface area contributed by atoms with Crippen molar-refractivity contribution in [3.8, 4) is 5.75 Å². The molecular formula is C21H24FN3O4. The van der Waals surface area contributed by atoms with Crippen molar-refractivity contribution in [2.24, 2.45) is 0 Å². The molecule has 8 heteroatoms. The molecule has 0 aromatic heterocycles. The largest absolute Gasteiger partial charge is 0.497 e. The first-order chi connectivity index (χ1) is 14.1. The number of hydrogen-bond acceptors (Lipinski definition) is 6. The van der Waals surface area contributed by atoms with Crippen molar-refractivity contribution < 1.29 is 23.8 Å². The van der Waals surface area contributed by atoms with Gasteiger partial charge in [-0.1, -0.05) is 0 Å². The third-order valence-electron chi connectivity index (χ3n) is 5.38. The zero-order chi connectivity index (χ0) is 20.4. The van der Waals surface area contributed by atoms with Crippen molar-refractivity contribution in [1.82, 2.24) is 0 Å². The maximum absolute atomic E-state index is 14.8. The highest BCUT2D eigenvalue weighted by atomic mass is 19.1. The van der Waals surface area contributed by atoms with Crippen LogP contribution in [0.15, 0.2) is 42.5 Å². The molecule has 4 rings (SSSR count). The second-order valence-electron chi connectivity index (χ2n) is 7.11. The Morgan fingerprint density at radius 2 is 1.72 bits per heavy atom. The third-order valence-corrected chi connectivity index (χ3v) is 5.38. The van der Waals surface area contributed by atoms with E-state index in [0.717, 1.165) is 24.5 Å². The number of carbonyl (C=O) groups excluding carboxylic acids is 1. The number of carbonyl (C=O) groups is 1. The molecule has 29 heavy (non-hydrogen) atoms. The molecule has 2 aliphatic rings. The maximum atomic E-state index is 14.8. The summed E-state index contributed by atoms with van der Waals surface area (Å²) >= 11 is 0. The summed E-state index contributed by atoms with van der Waals surface area (Å²) in [6, 6.07) is 12.7. The molecule has 1 atom stereocenters. The van der Waals surface area contributed by atoms with Crippen molar-refractivity contribution in [3.63, 3.8) is 0 Å². The molecule has 154 valence electrons. The molecule has 2 saturated heterocycles. The lowest BCUT2D eigenvalue weighted by atomic mass is 10.2. The average Bonchev–Trinajstić information content (AvgIpc) is 3.15. The van der Waals surface area contributed by atoms with Gasteiger partial charge in [0.15, 0.2) is 0 Å². The number of rotatable bonds is 5. The number of piperazine rings is 1. The number of methoxy groups -OCH3 is 1. The Morgan fingerprint density at radius 1 is 1.07 bits per heavy atom. The van der Waals surface area contributed by atoms with Crippen LogP contribution in [0, 0.1) is 5.82 Å². The summed E-state index contributed by atoms with van der Waals surface area (Å²) < 4.78 is 25.0. The molecule has 2 fully saturated rings. The number of benzene rings is 2. The van der Waals surface area contributed by atoms with Gasteiger partial charge in [0.25, 0.3) is 0 Å². The van der Waals surface area contributed by atoms with Gasteiger partial charge in [-0.05, 0) is 42.5 Å². The van der Waals surface area contributed by atoms with Crippen molar-refractivity contribution >= 4 is 23.2 Å². The first-order valence-electron chi connectivity index (χ1n) is 9.61. The smallest absolute Gasteiger partial charge is 0.414 e. The quantitative estimate of drug-likeness (QED) is 0.831. The fourth-order valence-corrected chi connectivity index (χ4v) is 3.75. The van der Waals surface area contributed by atoms with E-state index in [-0.39, 0.29) is 19.0 Å². The summed E-state index contributed by atoms with van der Waals surface area (Å²) in [5, 5.41) is 9.15. The van der Waals surface area contributed by atoms with Gasteiger partial charge in [-0.15, -0.1) is 0 Å². The van der Waals surface area contributed by atoms with E-state index < -0.39 is 12.2 Å². The van der Waals surface area contributed by atoms with Crippen LogP contribution < -0.4 is 19.4 Å². The van der Waals surface area contributed by atoms with Crippen LogP contribution >= 0.6 is 0 Å². The Kier molecular flexibility index (Phi) is 5.44. The summed E-state index contributed by atoms with van der Waals surface area (Å²) in [6.45, 7) is 2.92. The van der Waals surface area contributed by atoms with Crippen LogP contribution in [0.5, 0.6) is 5.75 Å². The van der Waals surface area contributed by atoms with Gasteiger partial charge in [0.05, 0.1) is 31.6 Å². The molecule has 2 heterocycles. The number of halogens is 1. The van der Waals surface area contributed by atoms with E-state index in [2.05, 4.69) is 4.90 Å². The molecule has 0 bridgehead atoms. The molecule has 1 amide bonds. The molecule has 2 aromatic carbocycles. The number of cyclic esters (lactones) is 1. The van der Waals surface area contributed by atoms with Crippen LogP contribution in [0.2, 0.25) is 0 Å². The monoisotopic (exact) mass is 401 g/mol. The summed E-state index contributed by atoms with van der Waals surface area (Å²) in [4.78, 5) is 17.5. The molecule has 0 spiro atoms. The number of hydrogen-bond donors (Lipinski definition) is 1. The molecule has 0 aliphatic carbocycles. The fourth-order valence-electron chi connectivity index (χ4n) is 3.75. The fraction of sp³-hybridized carbons (Fsp3) is 0.381. The molecule has 0 unspecified atom stereocenters. The number of aliphatic hydroxyl groups is 1. The predicted octanol–water partition coefficient (Wildman–Crippen LogP) is 2.48. The van der Waals surface area contributed by atoms with E-state index in [4.69, 9.17) is 14.6 Å². The van der Waals surface area contributed by atoms with E-state index in [1.807, 2.05) is 29.2 Å². The average molecular weight is 401 g/mol. The maximum Gasteiger partial charge on any atom is 0.414 e. The SMILES string of the molecule is COc1ccc(N2CCN(c3ccc(N4C[C@H](CO)OC4=O)cc3F)CC2)cc1. The van der Waals surface area contributed by atoms with Crippen LogP contribution in [0.4, 0.5) is 26.2 Å². The van der Waals surface area contributed by atoms with Crippen molar-refractivity contribution in [2.45, 2.75) is 6.10 Å². The van der Waals surface area contributed by atoms with Crippen LogP contribution in [-0.4, -0.2) is 63.7 Å². The third kappa shape index (κ3) is 3.93. The molecule has 1 N–H and O–H groups in total. The number of anilines is 3. The topological polar surface area (TPSA) is 65.5 Å².